The fourth-order valence-corrected chi connectivity index (χ4v) is 5.58. The van der Waals surface area contributed by atoms with Crippen molar-refractivity contribution in [2.75, 3.05) is 12.9 Å². The molecule has 0 saturated heterocycles. The summed E-state index contributed by atoms with van der Waals surface area (Å²) in [5.41, 5.74) is 2.33. The molecule has 0 N–H and O–H groups in total. The Bertz CT molecular complexity index is 990. The SMILES string of the molecule is COC(=O)CSc1nnc2c3c4c(sc3nc(C3CC3)n12)CCCC4. The number of thioether (sulfide) groups is 1. The standard InChI is InChI=1S/C17H18N4O2S2/c1-23-12(22)8-24-17-20-19-15-13-10-4-2-3-5-11(10)25-16(13)18-14(21(15)17)9-6-7-9/h9H,2-8H2,1H3. The second-order valence-electron chi connectivity index (χ2n) is 6.64. The minimum Gasteiger partial charge on any atom is -0.468 e. The molecular formula is C17H18N4O2S2. The van der Waals surface area contributed by atoms with Crippen molar-refractivity contribution >= 4 is 44.9 Å². The van der Waals surface area contributed by atoms with Crippen LogP contribution in [0.2, 0.25) is 0 Å². The van der Waals surface area contributed by atoms with E-state index in [0.717, 1.165) is 47.1 Å². The first-order chi connectivity index (χ1) is 12.3. The number of carbonyl (C=O) groups excluding carboxylic acids is 1. The molecule has 3 aromatic heterocycles. The van der Waals surface area contributed by atoms with Crippen molar-refractivity contribution in [2.45, 2.75) is 49.6 Å². The molecule has 1 fully saturated rings. The summed E-state index contributed by atoms with van der Waals surface area (Å²) in [4.78, 5) is 19.1. The smallest absolute Gasteiger partial charge is 0.316 e. The highest BCUT2D eigenvalue weighted by Gasteiger charge is 2.32. The van der Waals surface area contributed by atoms with E-state index >= 15 is 0 Å². The summed E-state index contributed by atoms with van der Waals surface area (Å²) < 4.78 is 6.84. The van der Waals surface area contributed by atoms with Crippen LogP contribution in [0.1, 0.15) is 47.9 Å². The van der Waals surface area contributed by atoms with Crippen molar-refractivity contribution in [1.29, 1.82) is 0 Å². The van der Waals surface area contributed by atoms with E-state index in [9.17, 15) is 4.79 Å². The molecule has 8 heteroatoms. The monoisotopic (exact) mass is 374 g/mol. The van der Waals surface area contributed by atoms with Crippen LogP contribution in [0.15, 0.2) is 5.16 Å². The van der Waals surface area contributed by atoms with Crippen molar-refractivity contribution in [2.24, 2.45) is 0 Å². The van der Waals surface area contributed by atoms with Crippen LogP contribution in [0, 0.1) is 0 Å². The number of thiophene rings is 1. The number of methoxy groups -OCH3 is 1. The van der Waals surface area contributed by atoms with Crippen LogP contribution in [0.25, 0.3) is 15.9 Å². The number of esters is 1. The van der Waals surface area contributed by atoms with Gasteiger partial charge in [0, 0.05) is 10.8 Å². The second-order valence-corrected chi connectivity index (χ2v) is 8.67. The molecule has 130 valence electrons. The quantitative estimate of drug-likeness (QED) is 0.515. The Morgan fingerprint density at radius 1 is 1.32 bits per heavy atom. The lowest BCUT2D eigenvalue weighted by Crippen LogP contribution is -2.06. The van der Waals surface area contributed by atoms with Gasteiger partial charge in [0.15, 0.2) is 10.8 Å². The zero-order chi connectivity index (χ0) is 17.0. The summed E-state index contributed by atoms with van der Waals surface area (Å²) >= 11 is 3.21. The first kappa shape index (κ1) is 15.6. The van der Waals surface area contributed by atoms with Gasteiger partial charge in [0.1, 0.15) is 10.7 Å². The number of fused-ring (bicyclic) bond motifs is 5. The molecule has 5 rings (SSSR count). The van der Waals surface area contributed by atoms with Crippen LogP contribution < -0.4 is 0 Å². The van der Waals surface area contributed by atoms with Gasteiger partial charge in [-0.15, -0.1) is 21.5 Å². The van der Waals surface area contributed by atoms with Gasteiger partial charge < -0.3 is 4.74 Å². The highest BCUT2D eigenvalue weighted by molar-refractivity contribution is 7.99. The maximum atomic E-state index is 11.5. The van der Waals surface area contributed by atoms with E-state index in [-0.39, 0.29) is 11.7 Å². The molecule has 0 aromatic carbocycles. The van der Waals surface area contributed by atoms with Crippen LogP contribution in [-0.2, 0) is 22.4 Å². The lowest BCUT2D eigenvalue weighted by atomic mass is 9.97. The predicted octanol–water partition coefficient (Wildman–Crippen LogP) is 3.36. The molecular weight excluding hydrogens is 356 g/mol. The van der Waals surface area contributed by atoms with Gasteiger partial charge in [-0.3, -0.25) is 9.20 Å². The van der Waals surface area contributed by atoms with Crippen LogP contribution in [-0.4, -0.2) is 38.4 Å². The van der Waals surface area contributed by atoms with Crippen molar-refractivity contribution in [3.8, 4) is 0 Å². The molecule has 1 saturated carbocycles. The minimum atomic E-state index is -0.253. The van der Waals surface area contributed by atoms with E-state index < -0.39 is 0 Å². The molecule has 0 atom stereocenters. The first-order valence-electron chi connectivity index (χ1n) is 8.65. The number of nitrogens with zero attached hydrogens (tertiary/aromatic N) is 4. The molecule has 3 heterocycles. The number of aryl methyl sites for hydroxylation is 2. The molecule has 0 aliphatic heterocycles. The lowest BCUT2D eigenvalue weighted by Gasteiger charge is -2.11. The fourth-order valence-electron chi connectivity index (χ4n) is 3.54. The van der Waals surface area contributed by atoms with Gasteiger partial charge in [-0.05, 0) is 44.1 Å². The molecule has 0 unspecified atom stereocenters. The Morgan fingerprint density at radius 2 is 2.16 bits per heavy atom. The molecule has 2 aliphatic carbocycles. The van der Waals surface area contributed by atoms with E-state index in [1.54, 1.807) is 0 Å². The van der Waals surface area contributed by atoms with E-state index in [1.165, 1.54) is 47.5 Å². The third kappa shape index (κ3) is 2.54. The Morgan fingerprint density at radius 3 is 2.96 bits per heavy atom. The zero-order valence-electron chi connectivity index (χ0n) is 13.9. The first-order valence-corrected chi connectivity index (χ1v) is 10.5. The van der Waals surface area contributed by atoms with Gasteiger partial charge in [-0.1, -0.05) is 11.8 Å². The number of rotatable bonds is 4. The largest absolute Gasteiger partial charge is 0.468 e. The summed E-state index contributed by atoms with van der Waals surface area (Å²) in [6.45, 7) is 0. The summed E-state index contributed by atoms with van der Waals surface area (Å²) in [6, 6.07) is 0. The summed E-state index contributed by atoms with van der Waals surface area (Å²) in [5, 5.41) is 10.8. The predicted molar refractivity (Wildman–Crippen MR) is 97.5 cm³/mol. The van der Waals surface area contributed by atoms with Crippen molar-refractivity contribution in [3.63, 3.8) is 0 Å². The van der Waals surface area contributed by atoms with E-state index in [0.29, 0.717) is 5.92 Å². The summed E-state index contributed by atoms with van der Waals surface area (Å²) in [6.07, 6.45) is 7.08. The van der Waals surface area contributed by atoms with Crippen molar-refractivity contribution < 1.29 is 9.53 Å². The van der Waals surface area contributed by atoms with E-state index in [4.69, 9.17) is 9.72 Å². The zero-order valence-corrected chi connectivity index (χ0v) is 15.6. The Labute approximate surface area is 153 Å². The van der Waals surface area contributed by atoms with Crippen LogP contribution in [0.3, 0.4) is 0 Å². The summed E-state index contributed by atoms with van der Waals surface area (Å²) in [7, 11) is 1.41. The third-order valence-electron chi connectivity index (χ3n) is 4.94. The van der Waals surface area contributed by atoms with Gasteiger partial charge >= 0.3 is 5.97 Å². The van der Waals surface area contributed by atoms with Gasteiger partial charge in [0.2, 0.25) is 0 Å². The highest BCUT2D eigenvalue weighted by Crippen LogP contribution is 2.44. The number of hydrogen-bond acceptors (Lipinski definition) is 7. The van der Waals surface area contributed by atoms with Crippen molar-refractivity contribution in [3.05, 3.63) is 16.3 Å². The fraction of sp³-hybridized carbons (Fsp3) is 0.529. The van der Waals surface area contributed by atoms with Crippen LogP contribution >= 0.6 is 23.1 Å². The Kier molecular flexibility index (Phi) is 3.71. The van der Waals surface area contributed by atoms with E-state index in [2.05, 4.69) is 14.6 Å². The molecule has 0 radical (unpaired) electrons. The highest BCUT2D eigenvalue weighted by atomic mass is 32.2. The Hall–Kier alpha value is -1.67. The average molecular weight is 374 g/mol. The topological polar surface area (TPSA) is 69.4 Å². The maximum Gasteiger partial charge on any atom is 0.316 e. The van der Waals surface area contributed by atoms with Crippen LogP contribution in [0.4, 0.5) is 0 Å². The number of carbonyl (C=O) groups is 1. The second kappa shape index (κ2) is 5.95. The lowest BCUT2D eigenvalue weighted by molar-refractivity contribution is -0.137. The third-order valence-corrected chi connectivity index (χ3v) is 7.03. The normalized spacial score (nSPS) is 17.2. The number of hydrogen-bond donors (Lipinski definition) is 0. The molecule has 6 nitrogen and oxygen atoms in total. The van der Waals surface area contributed by atoms with Gasteiger partial charge in [0.25, 0.3) is 0 Å². The minimum absolute atomic E-state index is 0.237. The number of aromatic nitrogens is 4. The van der Waals surface area contributed by atoms with E-state index in [1.807, 2.05) is 11.3 Å². The molecule has 0 bridgehead atoms. The summed E-state index contributed by atoms with van der Waals surface area (Å²) in [5.74, 6) is 1.52. The van der Waals surface area contributed by atoms with Gasteiger partial charge in [0.05, 0.1) is 18.2 Å². The van der Waals surface area contributed by atoms with Crippen LogP contribution in [0.5, 0.6) is 0 Å². The van der Waals surface area contributed by atoms with Gasteiger partial charge in [-0.2, -0.15) is 0 Å². The Balaban J connectivity index is 1.71. The molecule has 3 aromatic rings. The molecule has 0 amide bonds. The molecule has 25 heavy (non-hydrogen) atoms. The maximum absolute atomic E-state index is 11.5. The van der Waals surface area contributed by atoms with Crippen molar-refractivity contribution in [1.82, 2.24) is 19.6 Å². The van der Waals surface area contributed by atoms with Gasteiger partial charge in [-0.25, -0.2) is 4.98 Å². The number of ether oxygens (including phenoxy) is 1. The molecule has 2 aliphatic rings. The average Bonchev–Trinajstić information content (AvgIpc) is 3.29. The molecule has 0 spiro atoms.